The van der Waals surface area contributed by atoms with Gasteiger partial charge in [-0.1, -0.05) is 24.3 Å². The summed E-state index contributed by atoms with van der Waals surface area (Å²) < 4.78 is 15.2. The fraction of sp³-hybridized carbons (Fsp3) is 0.500. The minimum atomic E-state index is -0.411. The van der Waals surface area contributed by atoms with Crippen LogP contribution in [0.2, 0.25) is 0 Å². The van der Waals surface area contributed by atoms with Gasteiger partial charge in [-0.25, -0.2) is 0 Å². The van der Waals surface area contributed by atoms with Gasteiger partial charge in [-0.2, -0.15) is 0 Å². The summed E-state index contributed by atoms with van der Waals surface area (Å²) in [6, 6.07) is 7.41. The molecule has 19 heavy (non-hydrogen) atoms. The van der Waals surface area contributed by atoms with Crippen molar-refractivity contribution >= 4 is 5.97 Å². The van der Waals surface area contributed by atoms with Gasteiger partial charge in [-0.05, 0) is 12.5 Å². The molecular weight excluding hydrogens is 246 g/mol. The van der Waals surface area contributed by atoms with Crippen LogP contribution in [0.5, 0.6) is 0 Å². The summed E-state index contributed by atoms with van der Waals surface area (Å²) in [7, 11) is 4.56. The Balaban J connectivity index is 2.75. The molecule has 1 N–H and O–H groups in total. The molecule has 1 atom stereocenters. The Kier molecular flexibility index (Phi) is 6.49. The number of carbonyl (C=O) groups is 1. The Labute approximate surface area is 113 Å². The van der Waals surface area contributed by atoms with Gasteiger partial charge in [0.25, 0.3) is 0 Å². The molecule has 5 nitrogen and oxygen atoms in total. The van der Waals surface area contributed by atoms with Crippen LogP contribution in [0.15, 0.2) is 24.3 Å². The van der Waals surface area contributed by atoms with Crippen molar-refractivity contribution in [1.29, 1.82) is 0 Å². The lowest BCUT2D eigenvalue weighted by Gasteiger charge is -2.19. The van der Waals surface area contributed by atoms with Gasteiger partial charge >= 0.3 is 5.97 Å². The summed E-state index contributed by atoms with van der Waals surface area (Å²) in [5, 5.41) is 3.11. The Bertz CT molecular complexity index is 404. The van der Waals surface area contributed by atoms with Crippen molar-refractivity contribution < 1.29 is 19.0 Å². The molecule has 0 aliphatic carbocycles. The van der Waals surface area contributed by atoms with E-state index in [4.69, 9.17) is 9.47 Å². The summed E-state index contributed by atoms with van der Waals surface area (Å²) in [5.41, 5.74) is 1.96. The van der Waals surface area contributed by atoms with Gasteiger partial charge in [0.2, 0.25) is 0 Å². The first-order valence-corrected chi connectivity index (χ1v) is 6.08. The minimum Gasteiger partial charge on any atom is -0.468 e. The highest BCUT2D eigenvalue weighted by atomic mass is 16.7. The van der Waals surface area contributed by atoms with Gasteiger partial charge < -0.3 is 19.5 Å². The second-order valence-electron chi connectivity index (χ2n) is 4.13. The molecule has 0 saturated heterocycles. The molecule has 0 bridgehead atoms. The first-order valence-electron chi connectivity index (χ1n) is 6.08. The zero-order valence-corrected chi connectivity index (χ0v) is 11.8. The van der Waals surface area contributed by atoms with Crippen LogP contribution in [0.25, 0.3) is 0 Å². The standard InChI is InChI=1S/C14H21NO4/c1-10(13(16)17-2)15-9-11-7-5-6-8-12(11)14(18-3)19-4/h5-8,10,14-15H,9H2,1-4H3/t10-/m0/s1. The molecule has 0 aromatic heterocycles. The highest BCUT2D eigenvalue weighted by Crippen LogP contribution is 2.21. The van der Waals surface area contributed by atoms with E-state index in [9.17, 15) is 4.79 Å². The highest BCUT2D eigenvalue weighted by Gasteiger charge is 2.16. The summed E-state index contributed by atoms with van der Waals surface area (Å²) in [4.78, 5) is 11.3. The summed E-state index contributed by atoms with van der Waals surface area (Å²) in [6.07, 6.45) is -0.411. The van der Waals surface area contributed by atoms with E-state index < -0.39 is 6.29 Å². The van der Waals surface area contributed by atoms with Crippen LogP contribution in [0.4, 0.5) is 0 Å². The van der Waals surface area contributed by atoms with Gasteiger partial charge in [0, 0.05) is 26.3 Å². The van der Waals surface area contributed by atoms with Crippen molar-refractivity contribution in [3.8, 4) is 0 Å². The minimum absolute atomic E-state index is 0.285. The van der Waals surface area contributed by atoms with Gasteiger partial charge in [0.1, 0.15) is 6.04 Å². The van der Waals surface area contributed by atoms with Crippen molar-refractivity contribution in [2.45, 2.75) is 25.8 Å². The number of rotatable bonds is 7. The molecule has 0 amide bonds. The average molecular weight is 267 g/mol. The molecule has 0 aliphatic rings. The van der Waals surface area contributed by atoms with Crippen molar-refractivity contribution in [3.05, 3.63) is 35.4 Å². The summed E-state index contributed by atoms with van der Waals surface area (Å²) >= 11 is 0. The third-order valence-corrected chi connectivity index (χ3v) is 2.89. The molecule has 0 radical (unpaired) electrons. The second kappa shape index (κ2) is 7.89. The summed E-state index contributed by atoms with van der Waals surface area (Å²) in [6.45, 7) is 2.30. The largest absolute Gasteiger partial charge is 0.468 e. The number of nitrogens with one attached hydrogen (secondary N) is 1. The van der Waals surface area contributed by atoms with E-state index in [1.165, 1.54) is 7.11 Å². The maximum atomic E-state index is 11.3. The number of benzene rings is 1. The van der Waals surface area contributed by atoms with Gasteiger partial charge in [0.15, 0.2) is 6.29 Å². The van der Waals surface area contributed by atoms with E-state index in [1.54, 1.807) is 21.1 Å². The normalized spacial score (nSPS) is 12.5. The first kappa shape index (κ1) is 15.6. The molecule has 0 unspecified atom stereocenters. The number of carbonyl (C=O) groups excluding carboxylic acids is 1. The SMILES string of the molecule is COC(=O)[C@H](C)NCc1ccccc1C(OC)OC. The zero-order chi connectivity index (χ0) is 14.3. The molecule has 5 heteroatoms. The molecule has 0 heterocycles. The fourth-order valence-corrected chi connectivity index (χ4v) is 1.80. The quantitative estimate of drug-likeness (QED) is 0.601. The van der Waals surface area contributed by atoms with Crippen LogP contribution in [-0.4, -0.2) is 33.3 Å². The molecule has 106 valence electrons. The molecule has 1 aromatic carbocycles. The monoisotopic (exact) mass is 267 g/mol. The molecular formula is C14H21NO4. The van der Waals surface area contributed by atoms with E-state index in [0.717, 1.165) is 11.1 Å². The van der Waals surface area contributed by atoms with Gasteiger partial charge in [-0.15, -0.1) is 0 Å². The van der Waals surface area contributed by atoms with Crippen molar-refractivity contribution in [1.82, 2.24) is 5.32 Å². The third-order valence-electron chi connectivity index (χ3n) is 2.89. The lowest BCUT2D eigenvalue weighted by Crippen LogP contribution is -2.34. The van der Waals surface area contributed by atoms with Crippen LogP contribution in [0, 0.1) is 0 Å². The number of ether oxygens (including phenoxy) is 3. The number of hydrogen-bond donors (Lipinski definition) is 1. The molecule has 0 aliphatic heterocycles. The third kappa shape index (κ3) is 4.31. The van der Waals surface area contributed by atoms with Crippen LogP contribution in [-0.2, 0) is 25.5 Å². The lowest BCUT2D eigenvalue weighted by atomic mass is 10.1. The zero-order valence-electron chi connectivity index (χ0n) is 11.8. The lowest BCUT2D eigenvalue weighted by molar-refractivity contribution is -0.142. The van der Waals surface area contributed by atoms with E-state index in [1.807, 2.05) is 24.3 Å². The molecule has 0 fully saturated rings. The smallest absolute Gasteiger partial charge is 0.322 e. The predicted octanol–water partition coefficient (Wildman–Crippen LogP) is 1.63. The van der Waals surface area contributed by atoms with Crippen LogP contribution in [0.3, 0.4) is 0 Å². The molecule has 1 rings (SSSR count). The van der Waals surface area contributed by atoms with E-state index in [2.05, 4.69) is 10.1 Å². The number of esters is 1. The van der Waals surface area contributed by atoms with E-state index >= 15 is 0 Å². The maximum Gasteiger partial charge on any atom is 0.322 e. The first-order chi connectivity index (χ1) is 9.13. The molecule has 0 saturated carbocycles. The van der Waals surface area contributed by atoms with Crippen LogP contribution >= 0.6 is 0 Å². The van der Waals surface area contributed by atoms with Gasteiger partial charge in [-0.3, -0.25) is 4.79 Å². The second-order valence-corrected chi connectivity index (χ2v) is 4.13. The average Bonchev–Trinajstić information content (AvgIpc) is 2.46. The van der Waals surface area contributed by atoms with Crippen molar-refractivity contribution in [2.24, 2.45) is 0 Å². The molecule has 1 aromatic rings. The Morgan fingerprint density at radius 1 is 1.21 bits per heavy atom. The topological polar surface area (TPSA) is 56.8 Å². The van der Waals surface area contributed by atoms with E-state index in [-0.39, 0.29) is 12.0 Å². The maximum absolute atomic E-state index is 11.3. The van der Waals surface area contributed by atoms with Gasteiger partial charge in [0.05, 0.1) is 7.11 Å². The van der Waals surface area contributed by atoms with E-state index in [0.29, 0.717) is 6.54 Å². The number of methoxy groups -OCH3 is 3. The van der Waals surface area contributed by atoms with Crippen LogP contribution in [0.1, 0.15) is 24.3 Å². The Morgan fingerprint density at radius 3 is 2.42 bits per heavy atom. The summed E-state index contributed by atoms with van der Waals surface area (Å²) in [5.74, 6) is -0.285. The Morgan fingerprint density at radius 2 is 1.84 bits per heavy atom. The van der Waals surface area contributed by atoms with Crippen molar-refractivity contribution in [2.75, 3.05) is 21.3 Å². The fourth-order valence-electron chi connectivity index (χ4n) is 1.80. The van der Waals surface area contributed by atoms with Crippen LogP contribution < -0.4 is 5.32 Å². The highest BCUT2D eigenvalue weighted by molar-refractivity contribution is 5.75. The Hall–Kier alpha value is -1.43. The van der Waals surface area contributed by atoms with Crippen molar-refractivity contribution in [3.63, 3.8) is 0 Å². The predicted molar refractivity (Wildman–Crippen MR) is 71.5 cm³/mol. The number of hydrogen-bond acceptors (Lipinski definition) is 5. The molecule has 0 spiro atoms.